The zero-order valence-corrected chi connectivity index (χ0v) is 14.5. The standard InChI is InChI=1S/C17H24FN5O2/c1-24-14(25-2)12-10-11(18)6-7-13(12)23-16(20)21-15(19)22-17(23)8-4-3-5-9-17/h6-7,10,14H,3-5,8-9H2,1-2H3,(H4,19,20,21,22). The molecule has 0 radical (unpaired) electrons. The van der Waals surface area contributed by atoms with Crippen LogP contribution in [0.15, 0.2) is 28.2 Å². The molecule has 1 spiro atoms. The summed E-state index contributed by atoms with van der Waals surface area (Å²) in [6, 6.07) is 4.43. The minimum absolute atomic E-state index is 0.175. The maximum absolute atomic E-state index is 13.9. The lowest BCUT2D eigenvalue weighted by Crippen LogP contribution is -2.58. The number of benzene rings is 1. The number of hydrogen-bond donors (Lipinski definition) is 2. The first-order valence-electron chi connectivity index (χ1n) is 8.35. The van der Waals surface area contributed by atoms with Crippen LogP contribution in [0.2, 0.25) is 0 Å². The van der Waals surface area contributed by atoms with Crippen molar-refractivity contribution in [3.8, 4) is 0 Å². The molecule has 0 atom stereocenters. The maximum atomic E-state index is 13.9. The molecule has 1 aromatic carbocycles. The summed E-state index contributed by atoms with van der Waals surface area (Å²) >= 11 is 0. The number of methoxy groups -OCH3 is 2. The molecule has 1 saturated carbocycles. The van der Waals surface area contributed by atoms with Crippen LogP contribution in [0.5, 0.6) is 0 Å². The van der Waals surface area contributed by atoms with E-state index in [4.69, 9.17) is 20.9 Å². The van der Waals surface area contributed by atoms with Crippen molar-refractivity contribution in [2.45, 2.75) is 44.1 Å². The highest BCUT2D eigenvalue weighted by Gasteiger charge is 2.43. The zero-order valence-electron chi connectivity index (χ0n) is 14.5. The summed E-state index contributed by atoms with van der Waals surface area (Å²) in [6.45, 7) is 0. The number of ether oxygens (including phenoxy) is 2. The molecule has 0 unspecified atom stereocenters. The van der Waals surface area contributed by atoms with Crippen LogP contribution < -0.4 is 16.4 Å². The fraction of sp³-hybridized carbons (Fsp3) is 0.529. The zero-order chi connectivity index (χ0) is 18.0. The summed E-state index contributed by atoms with van der Waals surface area (Å²) in [7, 11) is 3.01. The molecule has 4 N–H and O–H groups in total. The van der Waals surface area contributed by atoms with Crippen molar-refractivity contribution in [1.29, 1.82) is 0 Å². The number of anilines is 1. The number of rotatable bonds is 4. The number of halogens is 1. The predicted octanol–water partition coefficient (Wildman–Crippen LogP) is 2.23. The van der Waals surface area contributed by atoms with Crippen LogP contribution in [0.1, 0.15) is 44.0 Å². The first-order chi connectivity index (χ1) is 12.0. The molecule has 2 aliphatic rings. The number of aliphatic imine (C=N–C) groups is 2. The van der Waals surface area contributed by atoms with Gasteiger partial charge in [-0.15, -0.1) is 0 Å². The van der Waals surface area contributed by atoms with E-state index < -0.39 is 12.0 Å². The van der Waals surface area contributed by atoms with Gasteiger partial charge in [-0.1, -0.05) is 6.42 Å². The number of guanidine groups is 2. The summed E-state index contributed by atoms with van der Waals surface area (Å²) in [5.74, 6) is 0.0358. The number of nitrogens with zero attached hydrogens (tertiary/aromatic N) is 3. The molecule has 1 aliphatic heterocycles. The highest BCUT2D eigenvalue weighted by molar-refractivity contribution is 6.06. The van der Waals surface area contributed by atoms with E-state index in [1.807, 2.05) is 4.90 Å². The molecule has 8 heteroatoms. The van der Waals surface area contributed by atoms with Crippen LogP contribution in [0.3, 0.4) is 0 Å². The lowest BCUT2D eigenvalue weighted by atomic mass is 9.87. The van der Waals surface area contributed by atoms with Crippen molar-refractivity contribution >= 4 is 17.6 Å². The van der Waals surface area contributed by atoms with Crippen LogP contribution in [0.4, 0.5) is 10.1 Å². The van der Waals surface area contributed by atoms with E-state index in [0.717, 1.165) is 32.1 Å². The van der Waals surface area contributed by atoms with Gasteiger partial charge >= 0.3 is 0 Å². The lowest BCUT2D eigenvalue weighted by molar-refractivity contribution is -0.105. The molecular formula is C17H24FN5O2. The highest BCUT2D eigenvalue weighted by Crippen LogP contribution is 2.42. The van der Waals surface area contributed by atoms with Gasteiger partial charge in [0.25, 0.3) is 0 Å². The van der Waals surface area contributed by atoms with E-state index in [1.54, 1.807) is 6.07 Å². The molecule has 1 heterocycles. The Balaban J connectivity index is 2.14. The molecular weight excluding hydrogens is 325 g/mol. The minimum Gasteiger partial charge on any atom is -0.369 e. The minimum atomic E-state index is -0.734. The molecule has 25 heavy (non-hydrogen) atoms. The van der Waals surface area contributed by atoms with E-state index in [0.29, 0.717) is 11.3 Å². The summed E-state index contributed by atoms with van der Waals surface area (Å²) in [4.78, 5) is 10.6. The Labute approximate surface area is 146 Å². The largest absolute Gasteiger partial charge is 0.369 e. The third-order valence-corrected chi connectivity index (χ3v) is 4.76. The van der Waals surface area contributed by atoms with Gasteiger partial charge in [0.05, 0.1) is 5.69 Å². The monoisotopic (exact) mass is 349 g/mol. The van der Waals surface area contributed by atoms with E-state index in [2.05, 4.69) is 9.98 Å². The van der Waals surface area contributed by atoms with Crippen molar-refractivity contribution in [1.82, 2.24) is 0 Å². The molecule has 1 fully saturated rings. The van der Waals surface area contributed by atoms with Gasteiger partial charge in [0.15, 0.2) is 6.29 Å². The average Bonchev–Trinajstić information content (AvgIpc) is 2.58. The molecule has 1 aliphatic carbocycles. The number of nitrogens with two attached hydrogens (primary N) is 2. The fourth-order valence-electron chi connectivity index (χ4n) is 3.74. The summed E-state index contributed by atoms with van der Waals surface area (Å²) < 4.78 is 24.6. The van der Waals surface area contributed by atoms with Crippen molar-refractivity contribution in [3.63, 3.8) is 0 Å². The van der Waals surface area contributed by atoms with E-state index in [9.17, 15) is 4.39 Å². The van der Waals surface area contributed by atoms with Crippen molar-refractivity contribution < 1.29 is 13.9 Å². The Morgan fingerprint density at radius 2 is 1.84 bits per heavy atom. The fourth-order valence-corrected chi connectivity index (χ4v) is 3.74. The van der Waals surface area contributed by atoms with Gasteiger partial charge in [-0.3, -0.25) is 4.90 Å². The summed E-state index contributed by atoms with van der Waals surface area (Å²) in [6.07, 6.45) is 4.01. The van der Waals surface area contributed by atoms with Gasteiger partial charge < -0.3 is 20.9 Å². The first kappa shape index (κ1) is 17.6. The van der Waals surface area contributed by atoms with Crippen molar-refractivity contribution in [3.05, 3.63) is 29.6 Å². The second-order valence-electron chi connectivity index (χ2n) is 6.32. The van der Waals surface area contributed by atoms with Crippen molar-refractivity contribution in [2.24, 2.45) is 21.5 Å². The third kappa shape index (κ3) is 3.19. The summed E-state index contributed by atoms with van der Waals surface area (Å²) in [5.41, 5.74) is 12.7. The van der Waals surface area contributed by atoms with Crippen LogP contribution in [-0.4, -0.2) is 31.8 Å². The second kappa shape index (κ2) is 6.97. The van der Waals surface area contributed by atoms with Gasteiger partial charge in [-0.25, -0.2) is 9.38 Å². The predicted molar refractivity (Wildman–Crippen MR) is 94.7 cm³/mol. The molecule has 3 rings (SSSR count). The average molecular weight is 349 g/mol. The van der Waals surface area contributed by atoms with Crippen LogP contribution in [0, 0.1) is 5.82 Å². The van der Waals surface area contributed by atoms with Crippen molar-refractivity contribution in [2.75, 3.05) is 19.1 Å². The number of hydrogen-bond acceptors (Lipinski definition) is 7. The Kier molecular flexibility index (Phi) is 4.91. The van der Waals surface area contributed by atoms with Crippen LogP contribution in [0.25, 0.3) is 0 Å². The molecule has 0 bridgehead atoms. The van der Waals surface area contributed by atoms with E-state index in [-0.39, 0.29) is 17.7 Å². The van der Waals surface area contributed by atoms with Gasteiger partial charge in [-0.05, 0) is 43.9 Å². The first-order valence-corrected chi connectivity index (χ1v) is 8.35. The normalized spacial score (nSPS) is 19.9. The second-order valence-corrected chi connectivity index (χ2v) is 6.32. The Hall–Kier alpha value is -2.19. The van der Waals surface area contributed by atoms with E-state index in [1.165, 1.54) is 26.4 Å². The van der Waals surface area contributed by atoms with E-state index >= 15 is 0 Å². The van der Waals surface area contributed by atoms with Gasteiger partial charge in [0.2, 0.25) is 11.9 Å². The molecule has 0 amide bonds. The molecule has 1 aromatic rings. The SMILES string of the molecule is COC(OC)c1cc(F)ccc1N1C(N)=NC(N)=NC12CCCCC2. The van der Waals surface area contributed by atoms with Crippen LogP contribution in [-0.2, 0) is 9.47 Å². The Morgan fingerprint density at radius 1 is 1.16 bits per heavy atom. The smallest absolute Gasteiger partial charge is 0.220 e. The Morgan fingerprint density at radius 3 is 2.48 bits per heavy atom. The molecule has 136 valence electrons. The van der Waals surface area contributed by atoms with Crippen LogP contribution >= 0.6 is 0 Å². The lowest BCUT2D eigenvalue weighted by Gasteiger charge is -2.46. The summed E-state index contributed by atoms with van der Waals surface area (Å²) in [5, 5.41) is 0. The molecule has 7 nitrogen and oxygen atoms in total. The van der Waals surface area contributed by atoms with Gasteiger partial charge in [-0.2, -0.15) is 4.99 Å². The third-order valence-electron chi connectivity index (χ3n) is 4.76. The molecule has 0 aromatic heterocycles. The quantitative estimate of drug-likeness (QED) is 0.812. The topological polar surface area (TPSA) is 98.5 Å². The Bertz CT molecular complexity index is 696. The maximum Gasteiger partial charge on any atom is 0.220 e. The van der Waals surface area contributed by atoms with Gasteiger partial charge in [0, 0.05) is 19.8 Å². The molecule has 0 saturated heterocycles. The van der Waals surface area contributed by atoms with Gasteiger partial charge in [0.1, 0.15) is 11.5 Å². The highest BCUT2D eigenvalue weighted by atomic mass is 19.1.